The van der Waals surface area contributed by atoms with Crippen LogP contribution in [0.25, 0.3) is 11.3 Å². The highest BCUT2D eigenvalue weighted by Gasteiger charge is 2.35. The number of fused-ring (bicyclic) bond motifs is 1. The lowest BCUT2D eigenvalue weighted by Crippen LogP contribution is -2.20. The monoisotopic (exact) mass is 360 g/mol. The number of aromatic nitrogens is 2. The minimum absolute atomic E-state index is 0.0375. The van der Waals surface area contributed by atoms with Crippen molar-refractivity contribution in [1.82, 2.24) is 10.2 Å². The van der Waals surface area contributed by atoms with Crippen LogP contribution in [-0.2, 0) is 0 Å². The Morgan fingerprint density at radius 1 is 1.15 bits per heavy atom. The van der Waals surface area contributed by atoms with Crippen molar-refractivity contribution in [2.45, 2.75) is 12.8 Å². The number of benzene rings is 2. The molecule has 1 unspecified atom stereocenters. The summed E-state index contributed by atoms with van der Waals surface area (Å²) in [5.74, 6) is -0.881. The SMILES string of the molecule is Cc1ccc(-c2[nH]nc3c2C(c2ccc(O)c(O)c2)C(C#N)=C(N)O3)cc1. The van der Waals surface area contributed by atoms with Crippen LogP contribution in [-0.4, -0.2) is 20.4 Å². The molecular weight excluding hydrogens is 344 g/mol. The van der Waals surface area contributed by atoms with Gasteiger partial charge < -0.3 is 20.7 Å². The van der Waals surface area contributed by atoms with Gasteiger partial charge >= 0.3 is 0 Å². The van der Waals surface area contributed by atoms with Crippen molar-refractivity contribution in [2.75, 3.05) is 0 Å². The number of phenolic OH excluding ortho intramolecular Hbond substituents is 2. The highest BCUT2D eigenvalue weighted by Crippen LogP contribution is 2.46. The maximum atomic E-state index is 9.94. The number of rotatable bonds is 2. The van der Waals surface area contributed by atoms with E-state index in [1.807, 2.05) is 31.2 Å². The number of nitrogens with zero attached hydrogens (tertiary/aromatic N) is 2. The highest BCUT2D eigenvalue weighted by molar-refractivity contribution is 5.71. The molecule has 0 radical (unpaired) electrons. The van der Waals surface area contributed by atoms with Gasteiger partial charge in [0.15, 0.2) is 11.5 Å². The minimum atomic E-state index is -0.597. The molecule has 0 saturated carbocycles. The first-order valence-corrected chi connectivity index (χ1v) is 8.24. The second-order valence-electron chi connectivity index (χ2n) is 6.36. The number of nitriles is 1. The summed E-state index contributed by atoms with van der Waals surface area (Å²) in [6.45, 7) is 1.99. The van der Waals surface area contributed by atoms with Crippen LogP contribution in [0.3, 0.4) is 0 Å². The predicted molar refractivity (Wildman–Crippen MR) is 97.8 cm³/mol. The Morgan fingerprint density at radius 2 is 1.89 bits per heavy atom. The molecule has 134 valence electrons. The fourth-order valence-electron chi connectivity index (χ4n) is 3.24. The first kappa shape index (κ1) is 16.5. The van der Waals surface area contributed by atoms with E-state index in [0.717, 1.165) is 11.1 Å². The number of nitrogens with one attached hydrogen (secondary N) is 1. The number of hydrogen-bond acceptors (Lipinski definition) is 6. The average molecular weight is 360 g/mol. The molecule has 1 aromatic heterocycles. The predicted octanol–water partition coefficient (Wildman–Crippen LogP) is 3.01. The summed E-state index contributed by atoms with van der Waals surface area (Å²) in [6.07, 6.45) is 0. The molecule has 4 rings (SSSR count). The van der Waals surface area contributed by atoms with Crippen LogP contribution in [0, 0.1) is 18.3 Å². The van der Waals surface area contributed by atoms with Crippen molar-refractivity contribution in [1.29, 1.82) is 5.26 Å². The van der Waals surface area contributed by atoms with Crippen LogP contribution in [0.5, 0.6) is 17.4 Å². The number of allylic oxidation sites excluding steroid dienone is 1. The van der Waals surface area contributed by atoms with Gasteiger partial charge in [0.25, 0.3) is 0 Å². The number of nitrogens with two attached hydrogens (primary N) is 1. The van der Waals surface area contributed by atoms with Crippen molar-refractivity contribution in [2.24, 2.45) is 5.73 Å². The summed E-state index contributed by atoms with van der Waals surface area (Å²) in [5, 5.41) is 36.4. The number of hydrogen-bond donors (Lipinski definition) is 4. The maximum Gasteiger partial charge on any atom is 0.244 e. The number of aromatic hydroxyl groups is 2. The van der Waals surface area contributed by atoms with E-state index in [1.54, 1.807) is 6.07 Å². The molecule has 1 aliphatic heterocycles. The molecule has 0 bridgehead atoms. The zero-order chi connectivity index (χ0) is 19.1. The average Bonchev–Trinajstić information content (AvgIpc) is 3.07. The summed E-state index contributed by atoms with van der Waals surface area (Å²) >= 11 is 0. The van der Waals surface area contributed by atoms with Gasteiger partial charge in [-0.05, 0) is 24.6 Å². The molecule has 0 amide bonds. The van der Waals surface area contributed by atoms with E-state index in [4.69, 9.17) is 10.5 Å². The van der Waals surface area contributed by atoms with Gasteiger partial charge in [0.1, 0.15) is 11.6 Å². The molecule has 0 saturated heterocycles. The van der Waals surface area contributed by atoms with E-state index in [-0.39, 0.29) is 28.8 Å². The second kappa shape index (κ2) is 6.11. The largest absolute Gasteiger partial charge is 0.504 e. The van der Waals surface area contributed by atoms with E-state index in [0.29, 0.717) is 16.8 Å². The fraction of sp³-hybridized carbons (Fsp3) is 0.100. The number of phenols is 2. The molecule has 2 heterocycles. The Balaban J connectivity index is 1.95. The first-order valence-electron chi connectivity index (χ1n) is 8.24. The Hall–Kier alpha value is -3.92. The van der Waals surface area contributed by atoms with E-state index >= 15 is 0 Å². The molecule has 0 fully saturated rings. The van der Waals surface area contributed by atoms with Gasteiger partial charge in [-0.2, -0.15) is 5.26 Å². The first-order chi connectivity index (χ1) is 13.0. The van der Waals surface area contributed by atoms with Gasteiger partial charge in [0.05, 0.1) is 17.2 Å². The van der Waals surface area contributed by atoms with Gasteiger partial charge in [-0.3, -0.25) is 5.10 Å². The van der Waals surface area contributed by atoms with Gasteiger partial charge in [0, 0.05) is 5.56 Å². The second-order valence-corrected chi connectivity index (χ2v) is 6.36. The van der Waals surface area contributed by atoms with Gasteiger partial charge in [-0.1, -0.05) is 35.9 Å². The third kappa shape index (κ3) is 2.64. The molecule has 7 nitrogen and oxygen atoms in total. The summed E-state index contributed by atoms with van der Waals surface area (Å²) in [4.78, 5) is 0. The smallest absolute Gasteiger partial charge is 0.244 e. The van der Waals surface area contributed by atoms with Gasteiger partial charge in [-0.25, -0.2) is 0 Å². The number of H-pyrrole nitrogens is 1. The molecule has 5 N–H and O–H groups in total. The van der Waals surface area contributed by atoms with Gasteiger partial charge in [0.2, 0.25) is 11.8 Å². The number of ether oxygens (including phenoxy) is 1. The van der Waals surface area contributed by atoms with Crippen molar-refractivity contribution < 1.29 is 14.9 Å². The van der Waals surface area contributed by atoms with Gasteiger partial charge in [-0.15, -0.1) is 5.10 Å². The topological polar surface area (TPSA) is 128 Å². The Labute approximate surface area is 155 Å². The van der Waals surface area contributed by atoms with Crippen molar-refractivity contribution in [3.63, 3.8) is 0 Å². The van der Waals surface area contributed by atoms with Crippen LogP contribution in [0.15, 0.2) is 53.9 Å². The van der Waals surface area contributed by atoms with Crippen LogP contribution in [0.4, 0.5) is 0 Å². The van der Waals surface area contributed by atoms with Crippen molar-refractivity contribution in [3.8, 4) is 34.7 Å². The quantitative estimate of drug-likeness (QED) is 0.520. The van der Waals surface area contributed by atoms with E-state index in [9.17, 15) is 15.5 Å². The van der Waals surface area contributed by atoms with Crippen LogP contribution in [0.2, 0.25) is 0 Å². The molecule has 2 aromatic carbocycles. The number of aryl methyl sites for hydroxylation is 1. The summed E-state index contributed by atoms with van der Waals surface area (Å²) < 4.78 is 5.55. The minimum Gasteiger partial charge on any atom is -0.504 e. The standard InChI is InChI=1S/C20H16N4O3/c1-10-2-4-11(5-3-10)18-17-16(12-6-7-14(25)15(26)8-12)13(9-21)19(22)27-20(17)24-23-18/h2-8,16,25-26H,22H2,1H3,(H,23,24). The molecule has 0 spiro atoms. The molecule has 3 aromatic rings. The Bertz CT molecular complexity index is 1110. The lowest BCUT2D eigenvalue weighted by Gasteiger charge is -2.24. The lowest BCUT2D eigenvalue weighted by atomic mass is 9.83. The van der Waals surface area contributed by atoms with E-state index in [2.05, 4.69) is 16.3 Å². The lowest BCUT2D eigenvalue weighted by molar-refractivity contribution is 0.378. The molecule has 1 atom stereocenters. The summed E-state index contributed by atoms with van der Waals surface area (Å²) in [7, 11) is 0. The molecule has 7 heteroatoms. The molecule has 1 aliphatic rings. The van der Waals surface area contributed by atoms with E-state index < -0.39 is 5.92 Å². The van der Waals surface area contributed by atoms with Crippen LogP contribution in [0.1, 0.15) is 22.6 Å². The van der Waals surface area contributed by atoms with Crippen molar-refractivity contribution >= 4 is 0 Å². The third-order valence-corrected chi connectivity index (χ3v) is 4.61. The summed E-state index contributed by atoms with van der Waals surface area (Å²) in [6, 6.07) is 14.4. The third-order valence-electron chi connectivity index (χ3n) is 4.61. The normalized spacial score (nSPS) is 15.8. The Morgan fingerprint density at radius 3 is 2.56 bits per heavy atom. The van der Waals surface area contributed by atoms with Crippen molar-refractivity contribution in [3.05, 3.63) is 70.6 Å². The fourth-order valence-corrected chi connectivity index (χ4v) is 3.24. The summed E-state index contributed by atoms with van der Waals surface area (Å²) in [5.41, 5.74) is 10.1. The Kier molecular flexibility index (Phi) is 3.74. The van der Waals surface area contributed by atoms with E-state index in [1.165, 1.54) is 12.1 Å². The van der Waals surface area contributed by atoms with Crippen LogP contribution >= 0.6 is 0 Å². The molecule has 0 aliphatic carbocycles. The zero-order valence-corrected chi connectivity index (χ0v) is 14.4. The maximum absolute atomic E-state index is 9.94. The zero-order valence-electron chi connectivity index (χ0n) is 14.4. The molecular formula is C20H16N4O3. The highest BCUT2D eigenvalue weighted by atomic mass is 16.5. The van der Waals surface area contributed by atoms with Crippen LogP contribution < -0.4 is 10.5 Å². The molecule has 27 heavy (non-hydrogen) atoms. The number of aromatic amines is 1.